The molecule has 1 atom stereocenters. The van der Waals surface area contributed by atoms with Crippen LogP contribution in [0.15, 0.2) is 18.2 Å². The quantitative estimate of drug-likeness (QED) is 0.846. The van der Waals surface area contributed by atoms with Crippen LogP contribution in [0.25, 0.3) is 0 Å². The lowest BCUT2D eigenvalue weighted by molar-refractivity contribution is 0.398. The van der Waals surface area contributed by atoms with Crippen LogP contribution in [-0.2, 0) is 0 Å². The largest absolute Gasteiger partial charge is 0.481 e. The average molecular weight is 220 g/mol. The lowest BCUT2D eigenvalue weighted by Crippen LogP contribution is -2.24. The number of ether oxygens (including phenoxy) is 1. The first kappa shape index (κ1) is 11.2. The van der Waals surface area contributed by atoms with Crippen LogP contribution in [0, 0.1) is 5.92 Å². The van der Waals surface area contributed by atoms with Crippen molar-refractivity contribution in [2.75, 3.05) is 12.4 Å². The molecule has 3 heteroatoms. The van der Waals surface area contributed by atoms with Crippen molar-refractivity contribution in [3.63, 3.8) is 0 Å². The molecule has 1 saturated carbocycles. The molecule has 3 nitrogen and oxygen atoms in total. The zero-order valence-electron chi connectivity index (χ0n) is 10.1. The summed E-state index contributed by atoms with van der Waals surface area (Å²) < 4.78 is 5.11. The fourth-order valence-electron chi connectivity index (χ4n) is 2.42. The van der Waals surface area contributed by atoms with Crippen LogP contribution in [0.1, 0.15) is 32.6 Å². The van der Waals surface area contributed by atoms with E-state index in [1.54, 1.807) is 7.11 Å². The zero-order valence-corrected chi connectivity index (χ0v) is 10.1. The van der Waals surface area contributed by atoms with E-state index in [0.717, 1.165) is 11.7 Å². The standard InChI is InChI=1S/C13H20N2O/c1-10(11-6-3-4-7-11)14-12-8-5-9-13(15-12)16-2/h5,8-11H,3-4,6-7H2,1-2H3,(H,14,15). The first-order valence-corrected chi connectivity index (χ1v) is 6.07. The molecule has 0 radical (unpaired) electrons. The van der Waals surface area contributed by atoms with Gasteiger partial charge in [0.15, 0.2) is 0 Å². The van der Waals surface area contributed by atoms with Crippen LogP contribution >= 0.6 is 0 Å². The molecule has 0 spiro atoms. The lowest BCUT2D eigenvalue weighted by atomic mass is 10.00. The maximum absolute atomic E-state index is 5.11. The number of nitrogens with zero attached hydrogens (tertiary/aromatic N) is 1. The second kappa shape index (κ2) is 5.19. The third-order valence-electron chi connectivity index (χ3n) is 3.42. The minimum absolute atomic E-state index is 0.502. The summed E-state index contributed by atoms with van der Waals surface area (Å²) in [5, 5.41) is 3.47. The van der Waals surface area contributed by atoms with E-state index in [9.17, 15) is 0 Å². The molecule has 0 bridgehead atoms. The van der Waals surface area contributed by atoms with Crippen molar-refractivity contribution in [3.8, 4) is 5.88 Å². The number of pyridine rings is 1. The van der Waals surface area contributed by atoms with Gasteiger partial charge in [0, 0.05) is 12.1 Å². The van der Waals surface area contributed by atoms with E-state index in [1.807, 2.05) is 18.2 Å². The fourth-order valence-corrected chi connectivity index (χ4v) is 2.42. The molecule has 1 heterocycles. The van der Waals surface area contributed by atoms with Crippen LogP contribution in [0.3, 0.4) is 0 Å². The Morgan fingerprint density at radius 1 is 1.38 bits per heavy atom. The number of rotatable bonds is 4. The highest BCUT2D eigenvalue weighted by Crippen LogP contribution is 2.29. The molecule has 1 aliphatic rings. The Morgan fingerprint density at radius 2 is 2.12 bits per heavy atom. The van der Waals surface area contributed by atoms with Crippen molar-refractivity contribution in [1.29, 1.82) is 0 Å². The van der Waals surface area contributed by atoms with Crippen LogP contribution in [0.4, 0.5) is 5.82 Å². The molecule has 1 fully saturated rings. The molecule has 1 aliphatic carbocycles. The normalized spacial score (nSPS) is 18.4. The monoisotopic (exact) mass is 220 g/mol. The van der Waals surface area contributed by atoms with Gasteiger partial charge in [-0.1, -0.05) is 18.9 Å². The Balaban J connectivity index is 1.96. The van der Waals surface area contributed by atoms with Crippen molar-refractivity contribution in [2.45, 2.75) is 38.6 Å². The van der Waals surface area contributed by atoms with Crippen molar-refractivity contribution in [3.05, 3.63) is 18.2 Å². The molecule has 2 rings (SSSR count). The Hall–Kier alpha value is -1.25. The van der Waals surface area contributed by atoms with E-state index in [1.165, 1.54) is 25.7 Å². The summed E-state index contributed by atoms with van der Waals surface area (Å²) in [7, 11) is 1.65. The van der Waals surface area contributed by atoms with E-state index in [2.05, 4.69) is 17.2 Å². The molecule has 0 saturated heterocycles. The molecule has 88 valence electrons. The molecule has 0 aromatic carbocycles. The maximum atomic E-state index is 5.11. The molecule has 0 aliphatic heterocycles. The first-order valence-electron chi connectivity index (χ1n) is 6.07. The van der Waals surface area contributed by atoms with E-state index in [-0.39, 0.29) is 0 Å². The van der Waals surface area contributed by atoms with Gasteiger partial charge in [0.1, 0.15) is 5.82 Å². The van der Waals surface area contributed by atoms with Crippen LogP contribution in [0.2, 0.25) is 0 Å². The molecule has 1 aromatic heterocycles. The maximum Gasteiger partial charge on any atom is 0.214 e. The third kappa shape index (κ3) is 2.65. The minimum atomic E-state index is 0.502. The fraction of sp³-hybridized carbons (Fsp3) is 0.615. The van der Waals surface area contributed by atoms with Crippen molar-refractivity contribution < 1.29 is 4.74 Å². The van der Waals surface area contributed by atoms with E-state index in [4.69, 9.17) is 4.74 Å². The van der Waals surface area contributed by atoms with E-state index in [0.29, 0.717) is 11.9 Å². The first-order chi connectivity index (χ1) is 7.79. The third-order valence-corrected chi connectivity index (χ3v) is 3.42. The van der Waals surface area contributed by atoms with Gasteiger partial charge in [-0.05, 0) is 31.7 Å². The average Bonchev–Trinajstić information content (AvgIpc) is 2.83. The highest BCUT2D eigenvalue weighted by Gasteiger charge is 2.21. The van der Waals surface area contributed by atoms with Gasteiger partial charge in [-0.3, -0.25) is 0 Å². The van der Waals surface area contributed by atoms with Crippen LogP contribution < -0.4 is 10.1 Å². The van der Waals surface area contributed by atoms with Crippen LogP contribution in [0.5, 0.6) is 5.88 Å². The Morgan fingerprint density at radius 3 is 2.81 bits per heavy atom. The SMILES string of the molecule is COc1cccc(NC(C)C2CCCC2)n1. The van der Waals surface area contributed by atoms with Gasteiger partial charge in [-0.25, -0.2) is 0 Å². The van der Waals surface area contributed by atoms with E-state index >= 15 is 0 Å². The predicted molar refractivity (Wildman–Crippen MR) is 65.8 cm³/mol. The lowest BCUT2D eigenvalue weighted by Gasteiger charge is -2.20. The van der Waals surface area contributed by atoms with Crippen molar-refractivity contribution in [2.24, 2.45) is 5.92 Å². The van der Waals surface area contributed by atoms with E-state index < -0.39 is 0 Å². The molecule has 1 N–H and O–H groups in total. The van der Waals surface area contributed by atoms with Gasteiger partial charge in [0.05, 0.1) is 7.11 Å². The van der Waals surface area contributed by atoms with Gasteiger partial charge in [0.25, 0.3) is 0 Å². The molecule has 1 unspecified atom stereocenters. The number of hydrogen-bond acceptors (Lipinski definition) is 3. The number of anilines is 1. The van der Waals surface area contributed by atoms with Crippen molar-refractivity contribution >= 4 is 5.82 Å². The van der Waals surface area contributed by atoms with Crippen LogP contribution in [-0.4, -0.2) is 18.1 Å². The predicted octanol–water partition coefficient (Wildman–Crippen LogP) is 3.08. The van der Waals surface area contributed by atoms with Gasteiger partial charge in [0.2, 0.25) is 5.88 Å². The van der Waals surface area contributed by atoms with Gasteiger partial charge >= 0.3 is 0 Å². The highest BCUT2D eigenvalue weighted by molar-refractivity contribution is 5.38. The summed E-state index contributed by atoms with van der Waals surface area (Å²) in [6.45, 7) is 2.25. The second-order valence-electron chi connectivity index (χ2n) is 4.54. The summed E-state index contributed by atoms with van der Waals surface area (Å²) in [4.78, 5) is 4.37. The zero-order chi connectivity index (χ0) is 11.4. The molecular weight excluding hydrogens is 200 g/mol. The summed E-state index contributed by atoms with van der Waals surface area (Å²) in [5.74, 6) is 2.38. The molecule has 0 amide bonds. The van der Waals surface area contributed by atoms with Gasteiger partial charge < -0.3 is 10.1 Å². The summed E-state index contributed by atoms with van der Waals surface area (Å²) >= 11 is 0. The summed E-state index contributed by atoms with van der Waals surface area (Å²) in [6.07, 6.45) is 5.45. The Labute approximate surface area is 97.2 Å². The number of nitrogens with one attached hydrogen (secondary N) is 1. The minimum Gasteiger partial charge on any atom is -0.481 e. The number of methoxy groups -OCH3 is 1. The topological polar surface area (TPSA) is 34.1 Å². The smallest absolute Gasteiger partial charge is 0.214 e. The molecule has 1 aromatic rings. The number of aromatic nitrogens is 1. The van der Waals surface area contributed by atoms with Gasteiger partial charge in [-0.2, -0.15) is 4.98 Å². The van der Waals surface area contributed by atoms with Crippen molar-refractivity contribution in [1.82, 2.24) is 4.98 Å². The number of hydrogen-bond donors (Lipinski definition) is 1. The molecule has 16 heavy (non-hydrogen) atoms. The Bertz CT molecular complexity index is 334. The Kier molecular flexibility index (Phi) is 3.65. The highest BCUT2D eigenvalue weighted by atomic mass is 16.5. The second-order valence-corrected chi connectivity index (χ2v) is 4.54. The van der Waals surface area contributed by atoms with Gasteiger partial charge in [-0.15, -0.1) is 0 Å². The summed E-state index contributed by atoms with van der Waals surface area (Å²) in [6, 6.07) is 6.33. The molecular formula is C13H20N2O. The summed E-state index contributed by atoms with van der Waals surface area (Å²) in [5.41, 5.74) is 0.